The lowest BCUT2D eigenvalue weighted by Gasteiger charge is -2.26. The first-order valence-corrected chi connectivity index (χ1v) is 7.09. The second kappa shape index (κ2) is 6.11. The van der Waals surface area contributed by atoms with Gasteiger partial charge in [0.25, 0.3) is 0 Å². The Balaban J connectivity index is 1.90. The molecule has 112 valence electrons. The Bertz CT molecular complexity index is 406. The fraction of sp³-hybridized carbons (Fsp3) is 0.769. The molecule has 0 saturated carbocycles. The number of carboxylic acid groups (broad SMARTS) is 1. The van der Waals surface area contributed by atoms with Crippen molar-refractivity contribution in [3.8, 4) is 0 Å². The van der Waals surface area contributed by atoms with Crippen LogP contribution in [-0.2, 0) is 9.59 Å². The average molecular weight is 283 g/mol. The second-order valence-electron chi connectivity index (χ2n) is 5.39. The molecule has 2 unspecified atom stereocenters. The Morgan fingerprint density at radius 3 is 2.40 bits per heavy atom. The van der Waals surface area contributed by atoms with Crippen molar-refractivity contribution in [1.29, 1.82) is 0 Å². The number of aliphatic carboxylic acids is 1. The van der Waals surface area contributed by atoms with Gasteiger partial charge in [-0.25, -0.2) is 9.59 Å². The quantitative estimate of drug-likeness (QED) is 0.777. The van der Waals surface area contributed by atoms with E-state index in [0.717, 1.165) is 25.9 Å². The lowest BCUT2D eigenvalue weighted by Crippen LogP contribution is -2.52. The van der Waals surface area contributed by atoms with Gasteiger partial charge in [0.15, 0.2) is 0 Å². The summed E-state index contributed by atoms with van der Waals surface area (Å²) in [5.41, 5.74) is 0. The van der Waals surface area contributed by atoms with Crippen LogP contribution in [0.3, 0.4) is 0 Å². The molecule has 2 heterocycles. The van der Waals surface area contributed by atoms with Crippen LogP contribution in [0.1, 0.15) is 32.6 Å². The van der Waals surface area contributed by atoms with Crippen LogP contribution in [0.5, 0.6) is 0 Å². The van der Waals surface area contributed by atoms with Crippen LogP contribution in [0.2, 0.25) is 0 Å². The number of nitrogens with one attached hydrogen (secondary N) is 1. The van der Waals surface area contributed by atoms with Gasteiger partial charge in [-0.15, -0.1) is 0 Å². The van der Waals surface area contributed by atoms with Gasteiger partial charge in [0.05, 0.1) is 0 Å². The molecule has 0 aromatic rings. The predicted molar refractivity (Wildman–Crippen MR) is 71.2 cm³/mol. The lowest BCUT2D eigenvalue weighted by atomic mass is 10.2. The average Bonchev–Trinajstić information content (AvgIpc) is 3.08. The fourth-order valence-corrected chi connectivity index (χ4v) is 2.81. The van der Waals surface area contributed by atoms with Gasteiger partial charge >= 0.3 is 12.0 Å². The van der Waals surface area contributed by atoms with Crippen molar-refractivity contribution in [2.45, 2.75) is 44.7 Å². The van der Waals surface area contributed by atoms with E-state index in [9.17, 15) is 14.4 Å². The molecule has 7 nitrogen and oxygen atoms in total. The third-order valence-corrected chi connectivity index (χ3v) is 3.93. The smallest absolute Gasteiger partial charge is 0.326 e. The zero-order valence-corrected chi connectivity index (χ0v) is 11.7. The number of amides is 3. The maximum Gasteiger partial charge on any atom is 0.326 e. The van der Waals surface area contributed by atoms with Crippen molar-refractivity contribution in [2.75, 3.05) is 19.6 Å². The van der Waals surface area contributed by atoms with Crippen molar-refractivity contribution in [1.82, 2.24) is 15.1 Å². The molecule has 3 amide bonds. The molecule has 7 heteroatoms. The molecule has 2 atom stereocenters. The fourth-order valence-electron chi connectivity index (χ4n) is 2.81. The van der Waals surface area contributed by atoms with Gasteiger partial charge in [0.2, 0.25) is 5.91 Å². The lowest BCUT2D eigenvalue weighted by molar-refractivity contribution is -0.141. The first-order valence-electron chi connectivity index (χ1n) is 7.09. The molecule has 2 rings (SSSR count). The molecule has 0 spiro atoms. The third-order valence-electron chi connectivity index (χ3n) is 3.93. The summed E-state index contributed by atoms with van der Waals surface area (Å²) in [4.78, 5) is 38.2. The van der Waals surface area contributed by atoms with Crippen molar-refractivity contribution in [2.24, 2.45) is 0 Å². The molecule has 0 radical (unpaired) electrons. The number of carboxylic acids is 1. The molecule has 2 N–H and O–H groups in total. The van der Waals surface area contributed by atoms with Crippen LogP contribution in [0.4, 0.5) is 4.79 Å². The third kappa shape index (κ3) is 3.02. The largest absolute Gasteiger partial charge is 0.480 e. The Kier molecular flexibility index (Phi) is 4.46. The summed E-state index contributed by atoms with van der Waals surface area (Å²) in [5, 5.41) is 11.7. The van der Waals surface area contributed by atoms with E-state index in [1.165, 1.54) is 4.90 Å². The van der Waals surface area contributed by atoms with Crippen LogP contribution in [0, 0.1) is 0 Å². The summed E-state index contributed by atoms with van der Waals surface area (Å²) >= 11 is 0. The van der Waals surface area contributed by atoms with Crippen LogP contribution >= 0.6 is 0 Å². The number of nitrogens with zero attached hydrogens (tertiary/aromatic N) is 2. The van der Waals surface area contributed by atoms with Crippen LogP contribution in [0.25, 0.3) is 0 Å². The van der Waals surface area contributed by atoms with E-state index < -0.39 is 24.1 Å². The van der Waals surface area contributed by atoms with E-state index in [1.54, 1.807) is 11.8 Å². The number of hydrogen-bond donors (Lipinski definition) is 2. The van der Waals surface area contributed by atoms with Crippen LogP contribution < -0.4 is 5.32 Å². The van der Waals surface area contributed by atoms with E-state index >= 15 is 0 Å². The van der Waals surface area contributed by atoms with Crippen molar-refractivity contribution >= 4 is 17.9 Å². The molecule has 2 aliphatic rings. The Hall–Kier alpha value is -1.79. The summed E-state index contributed by atoms with van der Waals surface area (Å²) < 4.78 is 0. The zero-order valence-electron chi connectivity index (χ0n) is 11.7. The molecule has 0 aliphatic carbocycles. The molecule has 0 bridgehead atoms. The van der Waals surface area contributed by atoms with Crippen molar-refractivity contribution in [3.63, 3.8) is 0 Å². The van der Waals surface area contributed by atoms with Gasteiger partial charge in [0.1, 0.15) is 12.1 Å². The highest BCUT2D eigenvalue weighted by molar-refractivity contribution is 5.89. The number of rotatable bonds is 3. The highest BCUT2D eigenvalue weighted by atomic mass is 16.4. The Morgan fingerprint density at radius 1 is 1.15 bits per heavy atom. The second-order valence-corrected chi connectivity index (χ2v) is 5.39. The molecular formula is C13H21N3O4. The van der Waals surface area contributed by atoms with E-state index in [0.29, 0.717) is 19.4 Å². The molecule has 2 fully saturated rings. The molecule has 0 aromatic carbocycles. The molecule has 2 saturated heterocycles. The van der Waals surface area contributed by atoms with Crippen molar-refractivity contribution in [3.05, 3.63) is 0 Å². The molecular weight excluding hydrogens is 262 g/mol. The van der Waals surface area contributed by atoms with Gasteiger partial charge in [-0.3, -0.25) is 4.79 Å². The topological polar surface area (TPSA) is 90.0 Å². The first-order chi connectivity index (χ1) is 9.50. The maximum absolute atomic E-state index is 12.1. The van der Waals surface area contributed by atoms with Gasteiger partial charge in [-0.2, -0.15) is 0 Å². The van der Waals surface area contributed by atoms with E-state index in [2.05, 4.69) is 5.32 Å². The van der Waals surface area contributed by atoms with E-state index in [4.69, 9.17) is 5.11 Å². The summed E-state index contributed by atoms with van der Waals surface area (Å²) in [6.07, 6.45) is 3.15. The normalized spacial score (nSPS) is 23.8. The molecule has 0 aromatic heterocycles. The number of carbonyl (C=O) groups excluding carboxylic acids is 2. The number of carbonyl (C=O) groups is 3. The highest BCUT2D eigenvalue weighted by Gasteiger charge is 2.35. The summed E-state index contributed by atoms with van der Waals surface area (Å²) in [5.74, 6) is -1.09. The van der Waals surface area contributed by atoms with Gasteiger partial charge in [-0.05, 0) is 32.6 Å². The summed E-state index contributed by atoms with van der Waals surface area (Å²) in [6.45, 7) is 3.54. The van der Waals surface area contributed by atoms with Crippen molar-refractivity contribution < 1.29 is 19.5 Å². The number of urea groups is 1. The van der Waals surface area contributed by atoms with E-state index in [-0.39, 0.29) is 5.91 Å². The molecule has 20 heavy (non-hydrogen) atoms. The predicted octanol–water partition coefficient (Wildman–Crippen LogP) is 0.256. The zero-order chi connectivity index (χ0) is 14.7. The number of hydrogen-bond acceptors (Lipinski definition) is 3. The minimum Gasteiger partial charge on any atom is -0.480 e. The summed E-state index contributed by atoms with van der Waals surface area (Å²) in [6, 6.07) is -1.85. The Labute approximate surface area is 117 Å². The minimum atomic E-state index is -0.990. The van der Waals surface area contributed by atoms with E-state index in [1.807, 2.05) is 0 Å². The first kappa shape index (κ1) is 14.6. The SMILES string of the molecule is CC(NC(=O)N1CCCC1C(=O)O)C(=O)N1CCCC1. The Morgan fingerprint density at radius 2 is 1.80 bits per heavy atom. The minimum absolute atomic E-state index is 0.0954. The van der Waals surface area contributed by atoms with Gasteiger partial charge in [-0.1, -0.05) is 0 Å². The number of likely N-dealkylation sites (tertiary alicyclic amines) is 2. The summed E-state index contributed by atoms with van der Waals surface area (Å²) in [7, 11) is 0. The van der Waals surface area contributed by atoms with Gasteiger partial charge < -0.3 is 20.2 Å². The standard InChI is InChI=1S/C13H21N3O4/c1-9(11(17)15-6-2-3-7-15)14-13(20)16-8-4-5-10(16)12(18)19/h9-10H,2-8H2,1H3,(H,14,20)(H,18,19). The maximum atomic E-state index is 12.1. The highest BCUT2D eigenvalue weighted by Crippen LogP contribution is 2.17. The van der Waals surface area contributed by atoms with Gasteiger partial charge in [0, 0.05) is 19.6 Å². The monoisotopic (exact) mass is 283 g/mol. The van der Waals surface area contributed by atoms with Crippen LogP contribution in [0.15, 0.2) is 0 Å². The van der Waals surface area contributed by atoms with Crippen LogP contribution in [-0.4, -0.2) is 64.5 Å². The molecule has 2 aliphatic heterocycles.